The number of halogens is 5. The van der Waals surface area contributed by atoms with Crippen LogP contribution in [0.5, 0.6) is 0 Å². The number of hydrogen-bond acceptors (Lipinski definition) is 6. The van der Waals surface area contributed by atoms with Gasteiger partial charge in [-0.25, -0.2) is 23.3 Å². The summed E-state index contributed by atoms with van der Waals surface area (Å²) in [4.78, 5) is 34.1. The Labute approximate surface area is 225 Å². The van der Waals surface area contributed by atoms with E-state index in [2.05, 4.69) is 30.8 Å². The largest absolute Gasteiger partial charge is 0.393 e. The lowest BCUT2D eigenvalue weighted by Gasteiger charge is -2.30. The van der Waals surface area contributed by atoms with Gasteiger partial charge in [0.25, 0.3) is 17.6 Å². The van der Waals surface area contributed by atoms with E-state index in [1.807, 2.05) is 6.92 Å². The summed E-state index contributed by atoms with van der Waals surface area (Å²) in [6, 6.07) is 0.691. The fraction of sp³-hybridized carbons (Fsp3) is 0.520. The number of alkyl halides is 5. The van der Waals surface area contributed by atoms with Crippen LogP contribution in [0.25, 0.3) is 5.78 Å². The Morgan fingerprint density at radius 1 is 1.32 bits per heavy atom. The van der Waals surface area contributed by atoms with Crippen LogP contribution in [0.1, 0.15) is 60.5 Å². The summed E-state index contributed by atoms with van der Waals surface area (Å²) in [6.07, 6.45) is 0.0484. The quantitative estimate of drug-likeness (QED) is 0.334. The Bertz CT molecular complexity index is 1450. The van der Waals surface area contributed by atoms with Gasteiger partial charge < -0.3 is 10.6 Å². The molecule has 4 heterocycles. The van der Waals surface area contributed by atoms with E-state index in [-0.39, 0.29) is 37.2 Å². The highest BCUT2D eigenvalue weighted by atomic mass is 19.4. The predicted octanol–water partition coefficient (Wildman–Crippen LogP) is 3.41. The summed E-state index contributed by atoms with van der Waals surface area (Å²) < 4.78 is 70.2. The number of allylic oxidation sites excluding steroid dienone is 1. The number of imidazole rings is 1. The smallest absolute Gasteiger partial charge is 0.355 e. The van der Waals surface area contributed by atoms with Crippen molar-refractivity contribution in [2.75, 3.05) is 6.54 Å². The molecule has 10 nitrogen and oxygen atoms in total. The highest BCUT2D eigenvalue weighted by Crippen LogP contribution is 2.37. The second-order valence-corrected chi connectivity index (χ2v) is 10.1. The number of rotatable bonds is 7. The third-order valence-electron chi connectivity index (χ3n) is 7.27. The molecule has 0 spiro atoms. The van der Waals surface area contributed by atoms with Crippen LogP contribution < -0.4 is 10.6 Å². The van der Waals surface area contributed by atoms with Crippen LogP contribution in [0.2, 0.25) is 0 Å². The normalized spacial score (nSPS) is 22.1. The number of hydrogen-bond donors (Lipinski definition) is 2. The van der Waals surface area contributed by atoms with Gasteiger partial charge in [0.05, 0.1) is 35.7 Å². The summed E-state index contributed by atoms with van der Waals surface area (Å²) in [6.45, 7) is 1.82. The van der Waals surface area contributed by atoms with E-state index >= 15 is 0 Å². The molecule has 3 aromatic rings. The summed E-state index contributed by atoms with van der Waals surface area (Å²) in [5.41, 5.74) is 1.43. The van der Waals surface area contributed by atoms with E-state index in [1.54, 1.807) is 6.07 Å². The molecule has 2 aliphatic rings. The maximum Gasteiger partial charge on any atom is 0.393 e. The third kappa shape index (κ3) is 5.82. The number of amides is 2. The Balaban J connectivity index is 1.42. The van der Waals surface area contributed by atoms with E-state index < -0.39 is 54.8 Å². The van der Waals surface area contributed by atoms with Gasteiger partial charge >= 0.3 is 6.18 Å². The molecule has 0 radical (unpaired) electrons. The number of aryl methyl sites for hydroxylation is 1. The first-order chi connectivity index (χ1) is 18.9. The van der Waals surface area contributed by atoms with Crippen molar-refractivity contribution in [3.63, 3.8) is 0 Å². The molecular weight excluding hydrogens is 539 g/mol. The zero-order chi connectivity index (χ0) is 28.7. The van der Waals surface area contributed by atoms with Crippen molar-refractivity contribution in [2.45, 2.75) is 63.7 Å². The molecule has 15 heteroatoms. The van der Waals surface area contributed by atoms with Gasteiger partial charge in [-0.15, -0.1) is 0 Å². The summed E-state index contributed by atoms with van der Waals surface area (Å²) in [5.74, 6) is -6.23. The van der Waals surface area contributed by atoms with Crippen molar-refractivity contribution in [3.05, 3.63) is 53.4 Å². The molecule has 0 saturated carbocycles. The van der Waals surface area contributed by atoms with Crippen LogP contribution in [0.15, 0.2) is 36.3 Å². The number of carbonyl (C=O) groups excluding carboxylic acids is 2. The van der Waals surface area contributed by atoms with Gasteiger partial charge in [0.1, 0.15) is 5.69 Å². The summed E-state index contributed by atoms with van der Waals surface area (Å²) >= 11 is 0. The van der Waals surface area contributed by atoms with Crippen molar-refractivity contribution in [2.24, 2.45) is 11.8 Å². The van der Waals surface area contributed by atoms with Gasteiger partial charge in [-0.2, -0.15) is 23.4 Å². The van der Waals surface area contributed by atoms with Gasteiger partial charge in [-0.05, 0) is 31.4 Å². The van der Waals surface area contributed by atoms with Crippen LogP contribution in [0.4, 0.5) is 22.0 Å². The van der Waals surface area contributed by atoms with E-state index in [1.165, 1.54) is 33.9 Å². The molecule has 1 aliphatic heterocycles. The molecule has 1 fully saturated rings. The maximum atomic E-state index is 13.9. The molecule has 3 aromatic heterocycles. The molecule has 0 bridgehead atoms. The van der Waals surface area contributed by atoms with Crippen LogP contribution in [-0.4, -0.2) is 59.8 Å². The molecule has 5 rings (SSSR count). The number of nitrogens with one attached hydrogen (secondary N) is 2. The highest BCUT2D eigenvalue weighted by Gasteiger charge is 2.44. The fourth-order valence-corrected chi connectivity index (χ4v) is 5.06. The lowest BCUT2D eigenvalue weighted by Crippen LogP contribution is -2.47. The van der Waals surface area contributed by atoms with Gasteiger partial charge in [0, 0.05) is 44.5 Å². The van der Waals surface area contributed by atoms with E-state index in [9.17, 15) is 31.5 Å². The van der Waals surface area contributed by atoms with E-state index in [4.69, 9.17) is 0 Å². The molecular formula is C25H27F5N8O2. The lowest BCUT2D eigenvalue weighted by atomic mass is 9.86. The maximum absolute atomic E-state index is 13.9. The molecule has 1 saturated heterocycles. The Hall–Kier alpha value is -3.91. The number of piperidine rings is 1. The number of fused-ring (bicyclic) bond motifs is 1. The molecule has 3 atom stereocenters. The molecule has 2 N–H and O–H groups in total. The average molecular weight is 567 g/mol. The lowest BCUT2D eigenvalue weighted by molar-refractivity contribution is -0.183. The van der Waals surface area contributed by atoms with Gasteiger partial charge in [-0.1, -0.05) is 6.08 Å². The van der Waals surface area contributed by atoms with Crippen molar-refractivity contribution < 1.29 is 31.5 Å². The Morgan fingerprint density at radius 3 is 2.83 bits per heavy atom. The third-order valence-corrected chi connectivity index (χ3v) is 7.27. The van der Waals surface area contributed by atoms with Gasteiger partial charge in [0.2, 0.25) is 5.91 Å². The molecule has 40 heavy (non-hydrogen) atoms. The second-order valence-electron chi connectivity index (χ2n) is 10.1. The second kappa shape index (κ2) is 10.6. The predicted molar refractivity (Wildman–Crippen MR) is 130 cm³/mol. The van der Waals surface area contributed by atoms with Crippen molar-refractivity contribution in [3.8, 4) is 0 Å². The zero-order valence-corrected chi connectivity index (χ0v) is 21.5. The first-order valence-electron chi connectivity index (χ1n) is 12.9. The molecule has 2 amide bonds. The first-order valence-corrected chi connectivity index (χ1v) is 12.9. The van der Waals surface area contributed by atoms with Crippen LogP contribution in [0.3, 0.4) is 0 Å². The summed E-state index contributed by atoms with van der Waals surface area (Å²) in [7, 11) is 0. The minimum absolute atomic E-state index is 0.0299. The zero-order valence-electron chi connectivity index (χ0n) is 21.5. The minimum atomic E-state index is -4.42. The SMILES string of the molecule is CCn1nccc1C(=O)N[C@@H](C1=CCC(F)(F)CC1)c1cn2nc(C[C@H]3C[C@H](C(F)(F)F)CNC3=O)cnc2n1. The van der Waals surface area contributed by atoms with E-state index in [0.717, 1.165) is 0 Å². The monoisotopic (exact) mass is 566 g/mol. The molecule has 0 aromatic carbocycles. The highest BCUT2D eigenvalue weighted by molar-refractivity contribution is 5.93. The molecule has 1 aliphatic carbocycles. The average Bonchev–Trinajstić information content (AvgIpc) is 3.55. The Kier molecular flexibility index (Phi) is 7.31. The summed E-state index contributed by atoms with van der Waals surface area (Å²) in [5, 5.41) is 13.7. The van der Waals surface area contributed by atoms with Crippen LogP contribution >= 0.6 is 0 Å². The minimum Gasteiger partial charge on any atom is -0.355 e. The number of aromatic nitrogens is 6. The molecule has 214 valence electrons. The Morgan fingerprint density at radius 2 is 2.12 bits per heavy atom. The van der Waals surface area contributed by atoms with Crippen molar-refractivity contribution in [1.29, 1.82) is 0 Å². The molecule has 0 unspecified atom stereocenters. The fourth-order valence-electron chi connectivity index (χ4n) is 5.06. The first kappa shape index (κ1) is 27.6. The standard InChI is InChI=1S/C25H27F5N8O2/c1-2-37-19(5-8-33-37)22(40)35-20(14-3-6-24(26,27)7-4-14)18-13-38-23(34-18)32-12-17(36-38)10-15-9-16(25(28,29)30)11-31-21(15)39/h3,5,8,12-13,15-16,20H,2,4,6-7,9-11H2,1H3,(H,31,39)(H,35,40)/t15-,16+,20+/m1/s1. The number of carbonyl (C=O) groups is 2. The van der Waals surface area contributed by atoms with Crippen molar-refractivity contribution in [1.82, 2.24) is 40.0 Å². The van der Waals surface area contributed by atoms with Crippen molar-refractivity contribution >= 4 is 17.6 Å². The topological polar surface area (TPSA) is 119 Å². The van der Waals surface area contributed by atoms with Gasteiger partial charge in [-0.3, -0.25) is 14.3 Å². The van der Waals surface area contributed by atoms with Crippen LogP contribution in [0, 0.1) is 11.8 Å². The number of nitrogens with zero attached hydrogens (tertiary/aromatic N) is 6. The van der Waals surface area contributed by atoms with E-state index in [0.29, 0.717) is 23.5 Å². The van der Waals surface area contributed by atoms with Crippen LogP contribution in [-0.2, 0) is 17.8 Å². The van der Waals surface area contributed by atoms with Gasteiger partial charge in [0.15, 0.2) is 0 Å².